The van der Waals surface area contributed by atoms with Gasteiger partial charge in [0.25, 0.3) is 5.91 Å². The molecule has 0 fully saturated rings. The summed E-state index contributed by atoms with van der Waals surface area (Å²) >= 11 is 0. The molecule has 94 valence electrons. The van der Waals surface area contributed by atoms with Crippen LogP contribution in [0.5, 0.6) is 0 Å². The maximum Gasteiger partial charge on any atom is 0.255 e. The fourth-order valence-electron chi connectivity index (χ4n) is 2.28. The quantitative estimate of drug-likeness (QED) is 0.818. The molecule has 3 rings (SSSR count). The number of benzene rings is 1. The molecule has 1 N–H and O–H groups in total. The number of rotatable bonds is 1. The van der Waals surface area contributed by atoms with Gasteiger partial charge < -0.3 is 5.32 Å². The first-order valence-corrected chi connectivity index (χ1v) is 6.36. The van der Waals surface area contributed by atoms with Gasteiger partial charge in [0, 0.05) is 23.5 Å². The normalized spacial score (nSPS) is 17.8. The van der Waals surface area contributed by atoms with Gasteiger partial charge in [-0.2, -0.15) is 0 Å². The van der Waals surface area contributed by atoms with Crippen LogP contribution in [-0.2, 0) is 0 Å². The first-order valence-electron chi connectivity index (χ1n) is 6.36. The molecule has 0 saturated carbocycles. The summed E-state index contributed by atoms with van der Waals surface area (Å²) in [6, 6.07) is 7.56. The predicted octanol–water partition coefficient (Wildman–Crippen LogP) is 2.97. The molecular formula is C16H14N2O. The second-order valence-corrected chi connectivity index (χ2v) is 4.45. The van der Waals surface area contributed by atoms with Gasteiger partial charge in [-0.3, -0.25) is 9.79 Å². The van der Waals surface area contributed by atoms with Crippen LogP contribution in [-0.4, -0.2) is 11.6 Å². The maximum absolute atomic E-state index is 12.0. The lowest BCUT2D eigenvalue weighted by Gasteiger charge is -2.15. The zero-order valence-corrected chi connectivity index (χ0v) is 10.5. The molecule has 0 bridgehead atoms. The molecule has 0 atom stereocenters. The lowest BCUT2D eigenvalue weighted by molar-refractivity contribution is 0.0969. The minimum Gasteiger partial charge on any atom is -0.327 e. The Morgan fingerprint density at radius 3 is 2.74 bits per heavy atom. The molecule has 1 amide bonds. The van der Waals surface area contributed by atoms with Crippen LogP contribution in [0.15, 0.2) is 65.5 Å². The Labute approximate surface area is 112 Å². The van der Waals surface area contributed by atoms with Gasteiger partial charge in [0.1, 0.15) is 0 Å². The summed E-state index contributed by atoms with van der Waals surface area (Å²) in [5.74, 6) is -0.0976. The summed E-state index contributed by atoms with van der Waals surface area (Å²) in [6.45, 7) is 0. The number of carbonyl (C=O) groups excluding carboxylic acids is 1. The van der Waals surface area contributed by atoms with Crippen molar-refractivity contribution >= 4 is 11.6 Å². The molecule has 2 aliphatic rings. The Morgan fingerprint density at radius 1 is 1.11 bits per heavy atom. The Bertz CT molecular complexity index is 636. The first kappa shape index (κ1) is 11.7. The standard InChI is InChI=1S/C16H14N2O/c19-16-14-9-5-4-8-13(14)15(17-10-11-18-16)12-6-2-1-3-7-12/h2,4-11H,1,3H2,(H,18,19). The highest BCUT2D eigenvalue weighted by atomic mass is 16.1. The molecule has 0 aromatic heterocycles. The fourth-order valence-corrected chi connectivity index (χ4v) is 2.28. The van der Waals surface area contributed by atoms with Crippen molar-refractivity contribution in [1.82, 2.24) is 5.32 Å². The molecule has 0 spiro atoms. The smallest absolute Gasteiger partial charge is 0.255 e. The average Bonchev–Trinajstić information content (AvgIpc) is 2.46. The van der Waals surface area contributed by atoms with E-state index in [4.69, 9.17) is 0 Å². The van der Waals surface area contributed by atoms with Crippen LogP contribution in [0.3, 0.4) is 0 Å². The van der Waals surface area contributed by atoms with Crippen LogP contribution in [0, 0.1) is 0 Å². The molecule has 3 heteroatoms. The Morgan fingerprint density at radius 2 is 1.95 bits per heavy atom. The third-order valence-electron chi connectivity index (χ3n) is 3.19. The summed E-state index contributed by atoms with van der Waals surface area (Å²) in [6.07, 6.45) is 11.7. The van der Waals surface area contributed by atoms with E-state index in [1.807, 2.05) is 24.3 Å². The Kier molecular flexibility index (Phi) is 3.11. The zero-order chi connectivity index (χ0) is 13.1. The zero-order valence-electron chi connectivity index (χ0n) is 10.5. The largest absolute Gasteiger partial charge is 0.327 e. The van der Waals surface area contributed by atoms with Crippen LogP contribution in [0.4, 0.5) is 0 Å². The van der Waals surface area contributed by atoms with E-state index in [-0.39, 0.29) is 5.91 Å². The van der Waals surface area contributed by atoms with E-state index in [0.717, 1.165) is 29.7 Å². The van der Waals surface area contributed by atoms with Crippen molar-refractivity contribution < 1.29 is 4.79 Å². The van der Waals surface area contributed by atoms with E-state index in [1.165, 1.54) is 0 Å². The highest BCUT2D eigenvalue weighted by Gasteiger charge is 2.17. The predicted molar refractivity (Wildman–Crippen MR) is 76.0 cm³/mol. The highest BCUT2D eigenvalue weighted by molar-refractivity contribution is 6.19. The van der Waals surface area contributed by atoms with Gasteiger partial charge in [-0.1, -0.05) is 36.4 Å². The number of nitrogens with one attached hydrogen (secondary N) is 1. The average molecular weight is 250 g/mol. The molecular weight excluding hydrogens is 236 g/mol. The molecule has 1 aromatic rings. The van der Waals surface area contributed by atoms with E-state index in [2.05, 4.69) is 28.5 Å². The van der Waals surface area contributed by atoms with Crippen LogP contribution >= 0.6 is 0 Å². The summed E-state index contributed by atoms with van der Waals surface area (Å²) in [7, 11) is 0. The van der Waals surface area contributed by atoms with Gasteiger partial charge in [0.2, 0.25) is 0 Å². The van der Waals surface area contributed by atoms with Crippen LogP contribution in [0.2, 0.25) is 0 Å². The lowest BCUT2D eigenvalue weighted by Crippen LogP contribution is -2.22. The molecule has 1 aliphatic carbocycles. The van der Waals surface area contributed by atoms with Crippen LogP contribution in [0.25, 0.3) is 0 Å². The van der Waals surface area contributed by atoms with Crippen molar-refractivity contribution in [2.75, 3.05) is 0 Å². The number of hydrogen-bond donors (Lipinski definition) is 1. The maximum atomic E-state index is 12.0. The molecule has 1 aromatic carbocycles. The molecule has 19 heavy (non-hydrogen) atoms. The number of carbonyl (C=O) groups is 1. The summed E-state index contributed by atoms with van der Waals surface area (Å²) in [4.78, 5) is 16.5. The Balaban J connectivity index is 2.16. The third-order valence-corrected chi connectivity index (χ3v) is 3.19. The second-order valence-electron chi connectivity index (χ2n) is 4.45. The fraction of sp³-hybridized carbons (Fsp3) is 0.125. The van der Waals surface area contributed by atoms with Crippen molar-refractivity contribution in [2.24, 2.45) is 4.99 Å². The minimum atomic E-state index is -0.0976. The van der Waals surface area contributed by atoms with Crippen LogP contribution in [0.1, 0.15) is 28.8 Å². The number of amides is 1. The number of hydrogen-bond acceptors (Lipinski definition) is 2. The molecule has 1 heterocycles. The third kappa shape index (κ3) is 2.27. The number of allylic oxidation sites excluding steroid dienone is 4. The monoisotopic (exact) mass is 250 g/mol. The van der Waals surface area contributed by atoms with Gasteiger partial charge in [0.15, 0.2) is 0 Å². The summed E-state index contributed by atoms with van der Waals surface area (Å²) in [5.41, 5.74) is 3.48. The van der Waals surface area contributed by atoms with Crippen LogP contribution < -0.4 is 5.32 Å². The molecule has 1 aliphatic heterocycles. The topological polar surface area (TPSA) is 41.5 Å². The molecule has 0 radical (unpaired) electrons. The van der Waals surface area contributed by atoms with E-state index < -0.39 is 0 Å². The number of fused-ring (bicyclic) bond motifs is 1. The lowest BCUT2D eigenvalue weighted by atomic mass is 9.93. The van der Waals surface area contributed by atoms with Gasteiger partial charge in [0.05, 0.1) is 5.71 Å². The van der Waals surface area contributed by atoms with Gasteiger partial charge >= 0.3 is 0 Å². The SMILES string of the molecule is O=C1NC=CN=C(C2=CCCC=C2)c2ccccc21. The summed E-state index contributed by atoms with van der Waals surface area (Å²) in [5, 5.41) is 2.70. The molecule has 0 saturated heterocycles. The van der Waals surface area contributed by atoms with Crippen molar-refractivity contribution in [2.45, 2.75) is 12.8 Å². The minimum absolute atomic E-state index is 0.0976. The van der Waals surface area contributed by atoms with Crippen molar-refractivity contribution in [1.29, 1.82) is 0 Å². The van der Waals surface area contributed by atoms with Gasteiger partial charge in [-0.25, -0.2) is 0 Å². The molecule has 0 unspecified atom stereocenters. The van der Waals surface area contributed by atoms with Gasteiger partial charge in [-0.15, -0.1) is 0 Å². The van der Waals surface area contributed by atoms with E-state index in [1.54, 1.807) is 12.4 Å². The number of aliphatic imine (C=N–C) groups is 1. The van der Waals surface area contributed by atoms with Crippen molar-refractivity contribution in [3.63, 3.8) is 0 Å². The van der Waals surface area contributed by atoms with Gasteiger partial charge in [-0.05, 0) is 24.5 Å². The van der Waals surface area contributed by atoms with E-state index >= 15 is 0 Å². The number of nitrogens with zero attached hydrogens (tertiary/aromatic N) is 1. The first-order chi connectivity index (χ1) is 9.36. The molecule has 3 nitrogen and oxygen atoms in total. The van der Waals surface area contributed by atoms with E-state index in [0.29, 0.717) is 5.56 Å². The van der Waals surface area contributed by atoms with E-state index in [9.17, 15) is 4.79 Å². The van der Waals surface area contributed by atoms with Crippen molar-refractivity contribution in [3.05, 3.63) is 71.6 Å². The van der Waals surface area contributed by atoms with Crippen molar-refractivity contribution in [3.8, 4) is 0 Å². The summed E-state index contributed by atoms with van der Waals surface area (Å²) < 4.78 is 0. The highest BCUT2D eigenvalue weighted by Crippen LogP contribution is 2.20. The Hall–Kier alpha value is -2.42. The second kappa shape index (κ2) is 5.06.